The maximum Gasteiger partial charge on any atom is 0.123 e. The molecule has 0 amide bonds. The first kappa shape index (κ1) is 9.53. The molecule has 0 fully saturated rings. The molecule has 0 heterocycles. The van der Waals surface area contributed by atoms with Crippen LogP contribution in [-0.2, 0) is 0 Å². The van der Waals surface area contributed by atoms with E-state index in [0.717, 1.165) is 5.69 Å². The molecular formula is C10H11FN2. The summed E-state index contributed by atoms with van der Waals surface area (Å²) in [6.45, 7) is 1.79. The van der Waals surface area contributed by atoms with Crippen molar-refractivity contribution in [1.82, 2.24) is 0 Å². The number of rotatable bonds is 2. The highest BCUT2D eigenvalue weighted by Crippen LogP contribution is 2.14. The SMILES string of the molecule is CC(C#N)N(C)c1ccc(F)cc1. The van der Waals surface area contributed by atoms with Crippen molar-refractivity contribution in [3.8, 4) is 6.07 Å². The van der Waals surface area contributed by atoms with Gasteiger partial charge in [-0.1, -0.05) is 0 Å². The van der Waals surface area contributed by atoms with E-state index in [0.29, 0.717) is 0 Å². The molecule has 1 unspecified atom stereocenters. The van der Waals surface area contributed by atoms with Gasteiger partial charge in [0.1, 0.15) is 11.9 Å². The molecule has 1 rings (SSSR count). The van der Waals surface area contributed by atoms with Crippen molar-refractivity contribution in [1.29, 1.82) is 5.26 Å². The Morgan fingerprint density at radius 3 is 2.38 bits per heavy atom. The van der Waals surface area contributed by atoms with E-state index in [1.807, 2.05) is 0 Å². The van der Waals surface area contributed by atoms with E-state index >= 15 is 0 Å². The Bertz CT molecular complexity index is 313. The van der Waals surface area contributed by atoms with Gasteiger partial charge >= 0.3 is 0 Å². The van der Waals surface area contributed by atoms with Crippen LogP contribution < -0.4 is 4.90 Å². The number of anilines is 1. The van der Waals surface area contributed by atoms with Crippen LogP contribution in [0.3, 0.4) is 0 Å². The first-order valence-electron chi connectivity index (χ1n) is 4.03. The Balaban J connectivity index is 2.84. The number of nitriles is 1. The minimum atomic E-state index is -0.262. The maximum atomic E-state index is 12.5. The Hall–Kier alpha value is -1.56. The Kier molecular flexibility index (Phi) is 2.86. The van der Waals surface area contributed by atoms with Crippen LogP contribution in [0, 0.1) is 17.1 Å². The molecule has 0 saturated carbocycles. The summed E-state index contributed by atoms with van der Waals surface area (Å²) >= 11 is 0. The molecule has 0 spiro atoms. The lowest BCUT2D eigenvalue weighted by Crippen LogP contribution is -2.26. The van der Waals surface area contributed by atoms with Gasteiger partial charge in [0.2, 0.25) is 0 Å². The van der Waals surface area contributed by atoms with Crippen molar-refractivity contribution in [2.24, 2.45) is 0 Å². The summed E-state index contributed by atoms with van der Waals surface area (Å²) in [5.74, 6) is -0.262. The van der Waals surface area contributed by atoms with E-state index in [4.69, 9.17) is 5.26 Å². The molecule has 1 aromatic carbocycles. The highest BCUT2D eigenvalue weighted by atomic mass is 19.1. The second-order valence-corrected chi connectivity index (χ2v) is 2.89. The van der Waals surface area contributed by atoms with Crippen LogP contribution in [0.1, 0.15) is 6.92 Å². The molecular weight excluding hydrogens is 167 g/mol. The van der Waals surface area contributed by atoms with Crippen LogP contribution in [0.4, 0.5) is 10.1 Å². The minimum absolute atomic E-state index is 0.203. The van der Waals surface area contributed by atoms with Crippen molar-refractivity contribution in [2.45, 2.75) is 13.0 Å². The van der Waals surface area contributed by atoms with Crippen molar-refractivity contribution < 1.29 is 4.39 Å². The van der Waals surface area contributed by atoms with Crippen LogP contribution in [0.25, 0.3) is 0 Å². The van der Waals surface area contributed by atoms with Crippen LogP contribution >= 0.6 is 0 Å². The van der Waals surface area contributed by atoms with Crippen molar-refractivity contribution in [2.75, 3.05) is 11.9 Å². The average Bonchev–Trinajstić information content (AvgIpc) is 2.17. The van der Waals surface area contributed by atoms with Crippen LogP contribution in [0.2, 0.25) is 0 Å². The molecule has 68 valence electrons. The fraction of sp³-hybridized carbons (Fsp3) is 0.300. The largest absolute Gasteiger partial charge is 0.359 e. The van der Waals surface area contributed by atoms with Crippen molar-refractivity contribution in [3.63, 3.8) is 0 Å². The summed E-state index contributed by atoms with van der Waals surface area (Å²) in [5.41, 5.74) is 0.843. The Morgan fingerprint density at radius 2 is 1.92 bits per heavy atom. The standard InChI is InChI=1S/C10H11FN2/c1-8(7-12)13(2)10-5-3-9(11)4-6-10/h3-6,8H,1-2H3. The lowest BCUT2D eigenvalue weighted by Gasteiger charge is -2.21. The zero-order chi connectivity index (χ0) is 9.84. The normalized spacial score (nSPS) is 11.8. The van der Waals surface area contributed by atoms with Crippen LogP contribution in [-0.4, -0.2) is 13.1 Å². The average molecular weight is 178 g/mol. The highest BCUT2D eigenvalue weighted by Gasteiger charge is 2.07. The zero-order valence-corrected chi connectivity index (χ0v) is 7.66. The smallest absolute Gasteiger partial charge is 0.123 e. The third kappa shape index (κ3) is 2.19. The quantitative estimate of drug-likeness (QED) is 0.694. The fourth-order valence-corrected chi connectivity index (χ4v) is 0.986. The molecule has 2 nitrogen and oxygen atoms in total. The number of benzene rings is 1. The maximum absolute atomic E-state index is 12.5. The fourth-order valence-electron chi connectivity index (χ4n) is 0.986. The summed E-state index contributed by atoms with van der Waals surface area (Å²) in [5, 5.41) is 8.66. The van der Waals surface area contributed by atoms with Gasteiger partial charge in [-0.25, -0.2) is 4.39 Å². The lowest BCUT2D eigenvalue weighted by molar-refractivity contribution is 0.627. The van der Waals surface area contributed by atoms with E-state index in [9.17, 15) is 4.39 Å². The third-order valence-corrected chi connectivity index (χ3v) is 2.00. The van der Waals surface area contributed by atoms with Gasteiger partial charge in [-0.3, -0.25) is 0 Å². The van der Waals surface area contributed by atoms with E-state index in [-0.39, 0.29) is 11.9 Å². The second kappa shape index (κ2) is 3.90. The molecule has 13 heavy (non-hydrogen) atoms. The Labute approximate surface area is 77.2 Å². The first-order chi connectivity index (χ1) is 6.15. The van der Waals surface area contributed by atoms with E-state index in [1.54, 1.807) is 31.0 Å². The van der Waals surface area contributed by atoms with Gasteiger partial charge in [-0.15, -0.1) is 0 Å². The van der Waals surface area contributed by atoms with E-state index in [1.165, 1.54) is 12.1 Å². The van der Waals surface area contributed by atoms with Gasteiger partial charge in [0.25, 0.3) is 0 Å². The topological polar surface area (TPSA) is 27.0 Å². The zero-order valence-electron chi connectivity index (χ0n) is 7.66. The van der Waals surface area contributed by atoms with Gasteiger partial charge in [0.05, 0.1) is 6.07 Å². The van der Waals surface area contributed by atoms with Gasteiger partial charge in [-0.2, -0.15) is 5.26 Å². The highest BCUT2D eigenvalue weighted by molar-refractivity contribution is 5.47. The number of hydrogen-bond acceptors (Lipinski definition) is 2. The molecule has 3 heteroatoms. The molecule has 0 radical (unpaired) electrons. The third-order valence-electron chi connectivity index (χ3n) is 2.00. The molecule has 0 aromatic heterocycles. The molecule has 0 saturated heterocycles. The van der Waals surface area contributed by atoms with E-state index < -0.39 is 0 Å². The van der Waals surface area contributed by atoms with E-state index in [2.05, 4.69) is 6.07 Å². The van der Waals surface area contributed by atoms with Gasteiger partial charge in [0.15, 0.2) is 0 Å². The predicted octanol–water partition coefficient (Wildman–Crippen LogP) is 2.17. The summed E-state index contributed by atoms with van der Waals surface area (Å²) in [7, 11) is 1.81. The molecule has 0 aliphatic rings. The van der Waals surface area contributed by atoms with Crippen molar-refractivity contribution >= 4 is 5.69 Å². The molecule has 0 N–H and O–H groups in total. The van der Waals surface area contributed by atoms with Crippen LogP contribution in [0.15, 0.2) is 24.3 Å². The molecule has 0 aliphatic heterocycles. The summed E-state index contributed by atoms with van der Waals surface area (Å²) < 4.78 is 12.5. The van der Waals surface area contributed by atoms with Crippen LogP contribution in [0.5, 0.6) is 0 Å². The number of nitrogens with zero attached hydrogens (tertiary/aromatic N) is 2. The summed E-state index contributed by atoms with van der Waals surface area (Å²) in [6.07, 6.45) is 0. The lowest BCUT2D eigenvalue weighted by atomic mass is 10.2. The molecule has 0 aliphatic carbocycles. The Morgan fingerprint density at radius 1 is 1.38 bits per heavy atom. The number of hydrogen-bond donors (Lipinski definition) is 0. The van der Waals surface area contributed by atoms with Gasteiger partial charge in [-0.05, 0) is 31.2 Å². The molecule has 1 atom stereocenters. The summed E-state index contributed by atoms with van der Waals surface area (Å²) in [6, 6.07) is 7.99. The summed E-state index contributed by atoms with van der Waals surface area (Å²) in [4.78, 5) is 1.79. The molecule has 0 bridgehead atoms. The number of halogens is 1. The predicted molar refractivity (Wildman–Crippen MR) is 49.9 cm³/mol. The molecule has 1 aromatic rings. The van der Waals surface area contributed by atoms with Gasteiger partial charge in [0, 0.05) is 12.7 Å². The van der Waals surface area contributed by atoms with Crippen molar-refractivity contribution in [3.05, 3.63) is 30.1 Å². The van der Waals surface area contributed by atoms with Gasteiger partial charge < -0.3 is 4.90 Å². The first-order valence-corrected chi connectivity index (χ1v) is 4.03. The second-order valence-electron chi connectivity index (χ2n) is 2.89. The monoisotopic (exact) mass is 178 g/mol. The minimum Gasteiger partial charge on any atom is -0.359 e.